The zero-order valence-electron chi connectivity index (χ0n) is 72.1. The molecule has 20 aromatic carbocycles. The molecule has 8 heterocycles. The third-order valence-electron chi connectivity index (χ3n) is 28.1. The normalized spacial score (nSPS) is 12.1. The van der Waals surface area contributed by atoms with Crippen LogP contribution in [0.2, 0.25) is 0 Å². The molecule has 0 amide bonds. The van der Waals surface area contributed by atoms with Crippen molar-refractivity contribution in [1.82, 2.24) is 37.0 Å². The number of rotatable bonds is 13. The van der Waals surface area contributed by atoms with Gasteiger partial charge in [-0.15, -0.1) is 0 Å². The number of para-hydroxylation sites is 9. The number of hydrogen-bond acceptors (Lipinski definition) is 1. The van der Waals surface area contributed by atoms with Crippen molar-refractivity contribution in [3.8, 4) is 107 Å². The summed E-state index contributed by atoms with van der Waals surface area (Å²) < 4.78 is 17.0. The van der Waals surface area contributed by atoms with Crippen molar-refractivity contribution in [3.05, 3.63) is 473 Å². The minimum atomic E-state index is 0.833. The van der Waals surface area contributed by atoms with Crippen molar-refractivity contribution in [2.24, 2.45) is 0 Å². The molecule has 28 aromatic rings. The number of benzene rings is 20. The third-order valence-corrected chi connectivity index (χ3v) is 28.1. The molecule has 8 nitrogen and oxygen atoms in total. The summed E-state index contributed by atoms with van der Waals surface area (Å²) in [7, 11) is 0. The van der Waals surface area contributed by atoms with E-state index in [2.05, 4.69) is 505 Å². The molecule has 8 heteroatoms. The van der Waals surface area contributed by atoms with Crippen LogP contribution in [0.5, 0.6) is 0 Å². The van der Waals surface area contributed by atoms with E-state index in [9.17, 15) is 0 Å². The second-order valence-electron chi connectivity index (χ2n) is 35.3. The topological polar surface area (TPSA) is 47.4 Å². The summed E-state index contributed by atoms with van der Waals surface area (Å²) in [4.78, 5) is 5.56. The molecule has 0 N–H and O–H groups in total. The van der Waals surface area contributed by atoms with Gasteiger partial charge < -0.3 is 27.4 Å². The maximum Gasteiger partial charge on any atom is 0.137 e. The fourth-order valence-electron chi connectivity index (χ4n) is 22.3. The van der Waals surface area contributed by atoms with E-state index in [1.54, 1.807) is 0 Å². The SMILES string of the molecule is c1ccc(-c2cccc(-n3c4ccccc4c4cc(-c5ccc6c(c5)c5ccccc5n6-c5cccc(-c6cccc(-c7cc8c(cc7-n7c9ccccc9c9ccccc97)c7ccccc7n8-c7ccc(-n8c9ccccc9c9c(-c%10cccc(-n%11c%12ccccc%12c%12cc(-c%13ccc%14c(c%13)c%13ccccc%13n%14-c%13ccccc%13)ccc%12%11)c%10)cccc98)nc7)c6)c5)ccc43)c2)cc1. The fourth-order valence-corrected chi connectivity index (χ4v) is 22.3. The standard InChI is InChI=1S/C125H78N8/c1-3-28-79(29-4-1)81-31-24-37-90(69-81)128-110-50-16-10-43-98(110)105-73-85(59-64-118(105)128)86-60-65-119-106(74-86)99-44-11-17-51-111(99)129(119)91-38-25-32-82(70-91)80-30-23-33-87(68-80)103-76-123-108(77-122(103)132-114-54-20-7-40-95(114)96-41-8-21-55-115(96)132)101-46-13-19-53-113(101)131(123)93-62-67-124(126-78-93)133-116-56-22-14-47-102(116)125-94(48-27-57-121(125)133)88-34-26-39-92(71-88)130-112-52-18-12-45-100(112)107-75-84(61-66-120(107)130)83-58-63-117-104(72-83)97-42-9-15-49-109(97)127(117)89-35-5-2-6-36-89/h1-78H. The van der Waals surface area contributed by atoms with Gasteiger partial charge in [0, 0.05) is 104 Å². The predicted octanol–water partition coefficient (Wildman–Crippen LogP) is 32.8. The molecule has 0 bridgehead atoms. The number of nitrogens with zero attached hydrogens (tertiary/aromatic N) is 8. The average Bonchev–Trinajstić information content (AvgIpc) is 1.55. The molecule has 0 radical (unpaired) electrons. The Labute approximate surface area is 764 Å². The Balaban J connectivity index is 0.537. The largest absolute Gasteiger partial charge is 0.309 e. The van der Waals surface area contributed by atoms with Crippen LogP contribution < -0.4 is 0 Å². The summed E-state index contributed by atoms with van der Waals surface area (Å²) in [5.74, 6) is 0.833. The molecule has 0 aliphatic carbocycles. The number of fused-ring (bicyclic) bond motifs is 21. The third kappa shape index (κ3) is 11.4. The first-order chi connectivity index (χ1) is 66.0. The van der Waals surface area contributed by atoms with Gasteiger partial charge in [-0.25, -0.2) is 4.98 Å². The van der Waals surface area contributed by atoms with Gasteiger partial charge in [-0.3, -0.25) is 4.57 Å². The lowest BCUT2D eigenvalue weighted by molar-refractivity contribution is 1.05. The Kier molecular flexibility index (Phi) is 16.4. The van der Waals surface area contributed by atoms with Gasteiger partial charge in [-0.05, 0) is 243 Å². The smallest absolute Gasteiger partial charge is 0.137 e. The van der Waals surface area contributed by atoms with Gasteiger partial charge in [-0.2, -0.15) is 0 Å². The first kappa shape index (κ1) is 74.3. The Bertz CT molecular complexity index is 9670. The highest BCUT2D eigenvalue weighted by atomic mass is 15.1. The Hall–Kier alpha value is -17.9. The van der Waals surface area contributed by atoms with Crippen LogP contribution in [-0.2, 0) is 0 Å². The van der Waals surface area contributed by atoms with E-state index in [1.807, 2.05) is 0 Å². The van der Waals surface area contributed by atoms with Crippen LogP contribution >= 0.6 is 0 Å². The van der Waals surface area contributed by atoms with Crippen molar-refractivity contribution >= 4 is 153 Å². The first-order valence-electron chi connectivity index (χ1n) is 45.7. The summed E-state index contributed by atoms with van der Waals surface area (Å²) in [5, 5.41) is 16.8. The van der Waals surface area contributed by atoms with Crippen LogP contribution in [0.15, 0.2) is 473 Å². The van der Waals surface area contributed by atoms with Crippen molar-refractivity contribution in [1.29, 1.82) is 0 Å². The maximum atomic E-state index is 5.56. The molecule has 0 unspecified atom stereocenters. The van der Waals surface area contributed by atoms with Gasteiger partial charge in [0.25, 0.3) is 0 Å². The molecule has 0 aliphatic rings. The zero-order valence-corrected chi connectivity index (χ0v) is 72.1. The number of hydrogen-bond donors (Lipinski definition) is 0. The van der Waals surface area contributed by atoms with Gasteiger partial charge in [0.1, 0.15) is 5.82 Å². The molecule has 0 aliphatic heterocycles. The predicted molar refractivity (Wildman–Crippen MR) is 557 cm³/mol. The summed E-state index contributed by atoms with van der Waals surface area (Å²) in [6.45, 7) is 0. The lowest BCUT2D eigenvalue weighted by Crippen LogP contribution is -2.01. The second-order valence-corrected chi connectivity index (χ2v) is 35.3. The molecule has 618 valence electrons. The molecule has 0 saturated heterocycles. The van der Waals surface area contributed by atoms with Gasteiger partial charge in [-0.1, -0.05) is 285 Å². The van der Waals surface area contributed by atoms with Crippen molar-refractivity contribution in [2.75, 3.05) is 0 Å². The van der Waals surface area contributed by atoms with Gasteiger partial charge in [0.15, 0.2) is 0 Å². The molecule has 28 rings (SSSR count). The molecule has 0 saturated carbocycles. The van der Waals surface area contributed by atoms with Gasteiger partial charge in [0.2, 0.25) is 0 Å². The Morgan fingerprint density at radius 3 is 0.872 bits per heavy atom. The molecule has 0 fully saturated rings. The summed E-state index contributed by atoms with van der Waals surface area (Å²) >= 11 is 0. The highest BCUT2D eigenvalue weighted by molar-refractivity contribution is 6.20. The minimum Gasteiger partial charge on any atom is -0.309 e. The van der Waals surface area contributed by atoms with Gasteiger partial charge >= 0.3 is 0 Å². The van der Waals surface area contributed by atoms with Crippen LogP contribution in [0, 0.1) is 0 Å². The monoisotopic (exact) mass is 1690 g/mol. The van der Waals surface area contributed by atoms with Crippen molar-refractivity contribution in [2.45, 2.75) is 0 Å². The van der Waals surface area contributed by atoms with Crippen molar-refractivity contribution < 1.29 is 0 Å². The second kappa shape index (κ2) is 29.3. The highest BCUT2D eigenvalue weighted by Crippen LogP contribution is 2.48. The number of aromatic nitrogens is 8. The Morgan fingerprint density at radius 2 is 0.429 bits per heavy atom. The summed E-state index contributed by atoms with van der Waals surface area (Å²) in [6, 6.07) is 173. The molecule has 0 spiro atoms. The van der Waals surface area contributed by atoms with E-state index >= 15 is 0 Å². The van der Waals surface area contributed by atoms with Crippen LogP contribution in [0.4, 0.5) is 0 Å². The fraction of sp³-hybridized carbons (Fsp3) is 0. The lowest BCUT2D eigenvalue weighted by atomic mass is 9.96. The van der Waals surface area contributed by atoms with E-state index in [4.69, 9.17) is 4.98 Å². The van der Waals surface area contributed by atoms with E-state index in [-0.39, 0.29) is 0 Å². The van der Waals surface area contributed by atoms with Crippen molar-refractivity contribution in [3.63, 3.8) is 0 Å². The number of pyridine rings is 1. The van der Waals surface area contributed by atoms with E-state index in [0.29, 0.717) is 0 Å². The van der Waals surface area contributed by atoms with E-state index in [1.165, 1.54) is 115 Å². The van der Waals surface area contributed by atoms with Crippen LogP contribution in [0.25, 0.3) is 259 Å². The zero-order chi connectivity index (χ0) is 87.0. The van der Waals surface area contributed by atoms with Crippen LogP contribution in [0.3, 0.4) is 0 Å². The molecule has 0 atom stereocenters. The average molecular weight is 1690 g/mol. The molecule has 8 aromatic heterocycles. The van der Waals surface area contributed by atoms with Gasteiger partial charge in [0.05, 0.1) is 94.8 Å². The molecular formula is C125H78N8. The summed E-state index contributed by atoms with van der Waals surface area (Å²) in [6.07, 6.45) is 2.08. The quantitative estimate of drug-likeness (QED) is 0.113. The first-order valence-corrected chi connectivity index (χ1v) is 45.7. The highest BCUT2D eigenvalue weighted by Gasteiger charge is 2.27. The van der Waals surface area contributed by atoms with Crippen LogP contribution in [-0.4, -0.2) is 37.0 Å². The maximum absolute atomic E-state index is 5.56. The molecule has 133 heavy (non-hydrogen) atoms. The van der Waals surface area contributed by atoms with E-state index in [0.717, 1.165) is 145 Å². The molecular weight excluding hydrogens is 1610 g/mol. The summed E-state index contributed by atoms with van der Waals surface area (Å²) in [5.41, 5.74) is 36.4. The van der Waals surface area contributed by atoms with E-state index < -0.39 is 0 Å². The minimum absolute atomic E-state index is 0.833. The lowest BCUT2D eigenvalue weighted by Gasteiger charge is -2.17. The Morgan fingerprint density at radius 1 is 0.135 bits per heavy atom. The van der Waals surface area contributed by atoms with Crippen LogP contribution in [0.1, 0.15) is 0 Å².